The lowest BCUT2D eigenvalue weighted by molar-refractivity contribution is 0.118. The second-order valence-corrected chi connectivity index (χ2v) is 6.40. The molecule has 2 fully saturated rings. The highest BCUT2D eigenvalue weighted by Gasteiger charge is 2.28. The predicted octanol–water partition coefficient (Wildman–Crippen LogP) is 3.55. The highest BCUT2D eigenvalue weighted by molar-refractivity contribution is 4.84. The molecule has 0 aromatic heterocycles. The van der Waals surface area contributed by atoms with Crippen molar-refractivity contribution >= 4 is 0 Å². The lowest BCUT2D eigenvalue weighted by Crippen LogP contribution is -2.46. The Labute approximate surface area is 113 Å². The zero-order chi connectivity index (χ0) is 12.8. The van der Waals surface area contributed by atoms with Crippen molar-refractivity contribution in [1.82, 2.24) is 4.90 Å². The molecule has 0 amide bonds. The molecule has 0 spiro atoms. The first-order valence-corrected chi connectivity index (χ1v) is 8.31. The van der Waals surface area contributed by atoms with E-state index < -0.39 is 0 Å². The summed E-state index contributed by atoms with van der Waals surface area (Å²) in [5.74, 6) is 0.961. The van der Waals surface area contributed by atoms with E-state index in [-0.39, 0.29) is 0 Å². The van der Waals surface area contributed by atoms with Gasteiger partial charge in [0.25, 0.3) is 0 Å². The Morgan fingerprint density at radius 2 is 1.61 bits per heavy atom. The first-order chi connectivity index (χ1) is 8.85. The molecule has 0 aromatic carbocycles. The number of hydrogen-bond acceptors (Lipinski definition) is 2. The van der Waals surface area contributed by atoms with Crippen LogP contribution in [0.1, 0.15) is 71.1 Å². The van der Waals surface area contributed by atoms with Gasteiger partial charge in [0.15, 0.2) is 0 Å². The van der Waals surface area contributed by atoms with Gasteiger partial charge >= 0.3 is 0 Å². The maximum Gasteiger partial charge on any atom is 0.0223 e. The van der Waals surface area contributed by atoms with Crippen LogP contribution < -0.4 is 5.73 Å². The molecule has 2 aliphatic carbocycles. The van der Waals surface area contributed by atoms with Gasteiger partial charge in [-0.05, 0) is 31.7 Å². The Kier molecular flexibility index (Phi) is 5.97. The Morgan fingerprint density at radius 3 is 2.17 bits per heavy atom. The smallest absolute Gasteiger partial charge is 0.0223 e. The molecule has 2 nitrogen and oxygen atoms in total. The van der Waals surface area contributed by atoms with E-state index in [4.69, 9.17) is 5.73 Å². The SMILES string of the molecule is CCN(C1CCCC1)C(CN)CC1CCCCC1. The van der Waals surface area contributed by atoms with Gasteiger partial charge in [0.2, 0.25) is 0 Å². The highest BCUT2D eigenvalue weighted by Crippen LogP contribution is 2.31. The van der Waals surface area contributed by atoms with E-state index in [0.717, 1.165) is 18.5 Å². The number of nitrogens with two attached hydrogens (primary N) is 1. The van der Waals surface area contributed by atoms with Crippen LogP contribution in [0.3, 0.4) is 0 Å². The van der Waals surface area contributed by atoms with Crippen LogP contribution in [-0.4, -0.2) is 30.1 Å². The molecule has 2 aliphatic rings. The zero-order valence-electron chi connectivity index (χ0n) is 12.2. The zero-order valence-corrected chi connectivity index (χ0v) is 12.2. The van der Waals surface area contributed by atoms with Crippen molar-refractivity contribution in [3.05, 3.63) is 0 Å². The molecule has 0 radical (unpaired) electrons. The lowest BCUT2D eigenvalue weighted by atomic mass is 9.84. The molecular weight excluding hydrogens is 220 g/mol. The van der Waals surface area contributed by atoms with E-state index in [1.807, 2.05) is 0 Å². The van der Waals surface area contributed by atoms with Crippen molar-refractivity contribution < 1.29 is 0 Å². The predicted molar refractivity (Wildman–Crippen MR) is 78.7 cm³/mol. The summed E-state index contributed by atoms with van der Waals surface area (Å²) in [5, 5.41) is 0. The van der Waals surface area contributed by atoms with Gasteiger partial charge in [-0.3, -0.25) is 4.90 Å². The fourth-order valence-electron chi connectivity index (χ4n) is 4.23. The van der Waals surface area contributed by atoms with Crippen molar-refractivity contribution in [1.29, 1.82) is 0 Å². The summed E-state index contributed by atoms with van der Waals surface area (Å²) in [4.78, 5) is 2.74. The van der Waals surface area contributed by atoms with E-state index in [0.29, 0.717) is 6.04 Å². The highest BCUT2D eigenvalue weighted by atomic mass is 15.2. The second-order valence-electron chi connectivity index (χ2n) is 6.40. The van der Waals surface area contributed by atoms with Gasteiger partial charge in [0.1, 0.15) is 0 Å². The molecule has 2 saturated carbocycles. The number of hydrogen-bond donors (Lipinski definition) is 1. The van der Waals surface area contributed by atoms with Crippen LogP contribution in [0.4, 0.5) is 0 Å². The van der Waals surface area contributed by atoms with Crippen LogP contribution in [0.25, 0.3) is 0 Å². The minimum absolute atomic E-state index is 0.654. The summed E-state index contributed by atoms with van der Waals surface area (Å²) in [6.45, 7) is 4.38. The summed E-state index contributed by atoms with van der Waals surface area (Å²) >= 11 is 0. The van der Waals surface area contributed by atoms with Gasteiger partial charge in [0.05, 0.1) is 0 Å². The molecule has 106 valence electrons. The largest absolute Gasteiger partial charge is 0.329 e. The van der Waals surface area contributed by atoms with E-state index in [1.54, 1.807) is 0 Å². The molecule has 18 heavy (non-hydrogen) atoms. The van der Waals surface area contributed by atoms with E-state index in [9.17, 15) is 0 Å². The van der Waals surface area contributed by atoms with Gasteiger partial charge in [-0.15, -0.1) is 0 Å². The molecule has 1 unspecified atom stereocenters. The van der Waals surface area contributed by atoms with Crippen LogP contribution in [0, 0.1) is 5.92 Å². The Hall–Kier alpha value is -0.0800. The van der Waals surface area contributed by atoms with Crippen LogP contribution in [0.15, 0.2) is 0 Å². The quantitative estimate of drug-likeness (QED) is 0.783. The summed E-state index contributed by atoms with van der Waals surface area (Å²) in [6, 6.07) is 1.49. The van der Waals surface area contributed by atoms with Gasteiger partial charge in [0, 0.05) is 18.6 Å². The minimum Gasteiger partial charge on any atom is -0.329 e. The fraction of sp³-hybridized carbons (Fsp3) is 1.00. The molecule has 2 N–H and O–H groups in total. The van der Waals surface area contributed by atoms with E-state index in [1.165, 1.54) is 70.8 Å². The average Bonchev–Trinajstić information content (AvgIpc) is 2.93. The maximum absolute atomic E-state index is 6.09. The minimum atomic E-state index is 0.654. The van der Waals surface area contributed by atoms with Crippen molar-refractivity contribution in [2.45, 2.75) is 83.2 Å². The van der Waals surface area contributed by atoms with Crippen LogP contribution >= 0.6 is 0 Å². The van der Waals surface area contributed by atoms with Gasteiger partial charge < -0.3 is 5.73 Å². The Bertz CT molecular complexity index is 217. The topological polar surface area (TPSA) is 29.3 Å². The molecule has 0 aromatic rings. The van der Waals surface area contributed by atoms with Crippen molar-refractivity contribution in [3.63, 3.8) is 0 Å². The van der Waals surface area contributed by atoms with Gasteiger partial charge in [-0.25, -0.2) is 0 Å². The molecule has 0 bridgehead atoms. The standard InChI is InChI=1S/C16H32N2/c1-2-18(15-10-6-7-11-15)16(13-17)12-14-8-4-3-5-9-14/h14-16H,2-13,17H2,1H3. The fourth-order valence-corrected chi connectivity index (χ4v) is 4.23. The molecule has 0 aliphatic heterocycles. The van der Waals surface area contributed by atoms with Crippen LogP contribution in [0.2, 0.25) is 0 Å². The first kappa shape index (κ1) is 14.3. The van der Waals surface area contributed by atoms with Gasteiger partial charge in [-0.1, -0.05) is 51.9 Å². The maximum atomic E-state index is 6.09. The monoisotopic (exact) mass is 252 g/mol. The van der Waals surface area contributed by atoms with Crippen LogP contribution in [-0.2, 0) is 0 Å². The summed E-state index contributed by atoms with van der Waals surface area (Å²) in [6.07, 6.45) is 14.3. The third kappa shape index (κ3) is 3.71. The third-order valence-corrected chi connectivity index (χ3v) is 5.23. The Morgan fingerprint density at radius 1 is 1.00 bits per heavy atom. The normalized spacial score (nSPS) is 24.8. The van der Waals surface area contributed by atoms with Crippen LogP contribution in [0.5, 0.6) is 0 Å². The summed E-state index contributed by atoms with van der Waals surface area (Å²) in [7, 11) is 0. The summed E-state index contributed by atoms with van der Waals surface area (Å²) < 4.78 is 0. The number of rotatable bonds is 6. The van der Waals surface area contributed by atoms with Crippen molar-refractivity contribution in [3.8, 4) is 0 Å². The van der Waals surface area contributed by atoms with Gasteiger partial charge in [-0.2, -0.15) is 0 Å². The van der Waals surface area contributed by atoms with E-state index >= 15 is 0 Å². The molecule has 2 heteroatoms. The van der Waals surface area contributed by atoms with Crippen molar-refractivity contribution in [2.75, 3.05) is 13.1 Å². The van der Waals surface area contributed by atoms with Crippen molar-refractivity contribution in [2.24, 2.45) is 11.7 Å². The molecule has 2 rings (SSSR count). The first-order valence-electron chi connectivity index (χ1n) is 8.31. The van der Waals surface area contributed by atoms with E-state index in [2.05, 4.69) is 11.8 Å². The Balaban J connectivity index is 1.87. The molecular formula is C16H32N2. The molecule has 0 heterocycles. The third-order valence-electron chi connectivity index (χ3n) is 5.23. The second kappa shape index (κ2) is 7.49. The summed E-state index contributed by atoms with van der Waals surface area (Å²) in [5.41, 5.74) is 6.09. The number of likely N-dealkylation sites (N-methyl/N-ethyl adjacent to an activating group) is 1. The molecule has 0 saturated heterocycles. The lowest BCUT2D eigenvalue weighted by Gasteiger charge is -2.37. The number of nitrogens with zero attached hydrogens (tertiary/aromatic N) is 1. The molecule has 1 atom stereocenters. The average molecular weight is 252 g/mol.